The molecule has 2 amide bonds. The van der Waals surface area contributed by atoms with Gasteiger partial charge < -0.3 is 15.4 Å². The van der Waals surface area contributed by atoms with Gasteiger partial charge in [0.05, 0.1) is 12.6 Å². The highest BCUT2D eigenvalue weighted by atomic mass is 16.5. The summed E-state index contributed by atoms with van der Waals surface area (Å²) in [5, 5.41) is 5.60. The minimum Gasteiger partial charge on any atom is -0.383 e. The maximum atomic E-state index is 11.6. The van der Waals surface area contributed by atoms with Crippen LogP contribution in [0.5, 0.6) is 0 Å². The summed E-state index contributed by atoms with van der Waals surface area (Å²) in [6.07, 6.45) is 0.843. The Bertz CT molecular complexity index is 314. The van der Waals surface area contributed by atoms with Crippen molar-refractivity contribution < 1.29 is 9.53 Å². The molecule has 1 atom stereocenters. The molecule has 0 aliphatic rings. The van der Waals surface area contributed by atoms with Crippen molar-refractivity contribution in [2.24, 2.45) is 0 Å². The van der Waals surface area contributed by atoms with Gasteiger partial charge in [-0.3, -0.25) is 0 Å². The molecule has 1 aromatic carbocycles. The Kier molecular flexibility index (Phi) is 5.36. The molecule has 0 unspecified atom stereocenters. The highest BCUT2D eigenvalue weighted by Gasteiger charge is 2.09. The monoisotopic (exact) mass is 222 g/mol. The fourth-order valence-electron chi connectivity index (χ4n) is 1.34. The van der Waals surface area contributed by atoms with Crippen molar-refractivity contribution in [2.45, 2.75) is 19.4 Å². The molecule has 0 aromatic heterocycles. The van der Waals surface area contributed by atoms with Crippen LogP contribution in [0.15, 0.2) is 30.3 Å². The maximum absolute atomic E-state index is 11.6. The molecule has 0 saturated carbocycles. The van der Waals surface area contributed by atoms with Gasteiger partial charge in [-0.05, 0) is 18.6 Å². The summed E-state index contributed by atoms with van der Waals surface area (Å²) >= 11 is 0. The van der Waals surface area contributed by atoms with Gasteiger partial charge in [0.25, 0.3) is 0 Å². The SMILES string of the molecule is CC[C@H](COC)NC(=O)Nc1ccccc1. The number of anilines is 1. The topological polar surface area (TPSA) is 50.4 Å². The summed E-state index contributed by atoms with van der Waals surface area (Å²) in [5.41, 5.74) is 0.785. The Labute approximate surface area is 96.0 Å². The first-order valence-electron chi connectivity index (χ1n) is 5.37. The highest BCUT2D eigenvalue weighted by Crippen LogP contribution is 2.04. The number of methoxy groups -OCH3 is 1. The standard InChI is InChI=1S/C12H18N2O2/c1-3-10(9-16-2)13-12(15)14-11-7-5-4-6-8-11/h4-8,10H,3,9H2,1-2H3,(H2,13,14,15)/t10-/m1/s1. The third kappa shape index (κ3) is 4.31. The van der Waals surface area contributed by atoms with Gasteiger partial charge in [-0.25, -0.2) is 4.79 Å². The van der Waals surface area contributed by atoms with Crippen LogP contribution in [-0.4, -0.2) is 25.8 Å². The second-order valence-corrected chi connectivity index (χ2v) is 3.53. The Morgan fingerprint density at radius 2 is 2.06 bits per heavy atom. The summed E-state index contributed by atoms with van der Waals surface area (Å²) in [4.78, 5) is 11.6. The molecule has 0 radical (unpaired) electrons. The van der Waals surface area contributed by atoms with Crippen LogP contribution in [0.3, 0.4) is 0 Å². The summed E-state index contributed by atoms with van der Waals surface area (Å²) in [6, 6.07) is 9.20. The van der Waals surface area contributed by atoms with E-state index in [0.717, 1.165) is 12.1 Å². The lowest BCUT2D eigenvalue weighted by atomic mass is 10.2. The molecule has 0 fully saturated rings. The third-order valence-electron chi connectivity index (χ3n) is 2.23. The van der Waals surface area contributed by atoms with E-state index in [4.69, 9.17) is 4.74 Å². The molecular formula is C12H18N2O2. The minimum atomic E-state index is -0.199. The van der Waals surface area contributed by atoms with E-state index in [1.807, 2.05) is 37.3 Å². The van der Waals surface area contributed by atoms with Crippen molar-refractivity contribution in [1.29, 1.82) is 0 Å². The van der Waals surface area contributed by atoms with Crippen molar-refractivity contribution in [2.75, 3.05) is 19.0 Å². The predicted molar refractivity (Wildman–Crippen MR) is 64.6 cm³/mol. The zero-order valence-electron chi connectivity index (χ0n) is 9.69. The molecule has 0 aliphatic heterocycles. The number of rotatable bonds is 5. The van der Waals surface area contributed by atoms with Crippen LogP contribution in [-0.2, 0) is 4.74 Å². The average Bonchev–Trinajstić information content (AvgIpc) is 2.29. The Balaban J connectivity index is 2.41. The molecule has 0 bridgehead atoms. The van der Waals surface area contributed by atoms with E-state index < -0.39 is 0 Å². The number of carbonyl (C=O) groups is 1. The van der Waals surface area contributed by atoms with Gasteiger partial charge in [0, 0.05) is 12.8 Å². The first-order chi connectivity index (χ1) is 7.76. The third-order valence-corrected chi connectivity index (χ3v) is 2.23. The fraction of sp³-hybridized carbons (Fsp3) is 0.417. The lowest BCUT2D eigenvalue weighted by molar-refractivity contribution is 0.165. The molecule has 0 aliphatic carbocycles. The molecule has 1 rings (SSSR count). The van der Waals surface area contributed by atoms with Crippen LogP contribution in [0.1, 0.15) is 13.3 Å². The zero-order chi connectivity index (χ0) is 11.8. The van der Waals surface area contributed by atoms with Crippen molar-refractivity contribution in [3.05, 3.63) is 30.3 Å². The molecular weight excluding hydrogens is 204 g/mol. The Morgan fingerprint density at radius 3 is 2.62 bits per heavy atom. The second-order valence-electron chi connectivity index (χ2n) is 3.53. The summed E-state index contributed by atoms with van der Waals surface area (Å²) < 4.78 is 5.00. The molecule has 4 nitrogen and oxygen atoms in total. The maximum Gasteiger partial charge on any atom is 0.319 e. The van der Waals surface area contributed by atoms with Crippen molar-refractivity contribution >= 4 is 11.7 Å². The van der Waals surface area contributed by atoms with Crippen LogP contribution in [0.4, 0.5) is 10.5 Å². The van der Waals surface area contributed by atoms with Crippen molar-refractivity contribution in [3.63, 3.8) is 0 Å². The van der Waals surface area contributed by atoms with E-state index in [1.165, 1.54) is 0 Å². The van der Waals surface area contributed by atoms with E-state index in [-0.39, 0.29) is 12.1 Å². The Morgan fingerprint density at radius 1 is 1.38 bits per heavy atom. The van der Waals surface area contributed by atoms with Crippen LogP contribution in [0.2, 0.25) is 0 Å². The quantitative estimate of drug-likeness (QED) is 0.802. The van der Waals surface area contributed by atoms with Crippen molar-refractivity contribution in [1.82, 2.24) is 5.32 Å². The molecule has 1 aromatic rings. The van der Waals surface area contributed by atoms with Crippen LogP contribution in [0.25, 0.3) is 0 Å². The van der Waals surface area contributed by atoms with E-state index in [9.17, 15) is 4.79 Å². The first kappa shape index (κ1) is 12.5. The van der Waals surface area contributed by atoms with E-state index in [2.05, 4.69) is 10.6 Å². The van der Waals surface area contributed by atoms with Gasteiger partial charge in [0.2, 0.25) is 0 Å². The van der Waals surface area contributed by atoms with Crippen LogP contribution < -0.4 is 10.6 Å². The highest BCUT2D eigenvalue weighted by molar-refractivity contribution is 5.89. The lowest BCUT2D eigenvalue weighted by Gasteiger charge is -2.16. The number of amides is 2. The number of hydrogen-bond donors (Lipinski definition) is 2. The number of benzene rings is 1. The normalized spacial score (nSPS) is 11.9. The largest absolute Gasteiger partial charge is 0.383 e. The van der Waals surface area contributed by atoms with E-state index in [1.54, 1.807) is 7.11 Å². The second kappa shape index (κ2) is 6.85. The van der Waals surface area contributed by atoms with Gasteiger partial charge in [-0.2, -0.15) is 0 Å². The summed E-state index contributed by atoms with van der Waals surface area (Å²) in [7, 11) is 1.62. The van der Waals surface area contributed by atoms with Gasteiger partial charge in [0.1, 0.15) is 0 Å². The van der Waals surface area contributed by atoms with Gasteiger partial charge in [0.15, 0.2) is 0 Å². The number of hydrogen-bond acceptors (Lipinski definition) is 2. The van der Waals surface area contributed by atoms with Crippen LogP contribution in [0, 0.1) is 0 Å². The number of para-hydroxylation sites is 1. The molecule has 88 valence electrons. The van der Waals surface area contributed by atoms with E-state index in [0.29, 0.717) is 6.61 Å². The molecule has 4 heteroatoms. The minimum absolute atomic E-state index is 0.0497. The number of nitrogens with one attached hydrogen (secondary N) is 2. The summed E-state index contributed by atoms with van der Waals surface area (Å²) in [5.74, 6) is 0. The van der Waals surface area contributed by atoms with Gasteiger partial charge in [-0.15, -0.1) is 0 Å². The zero-order valence-corrected chi connectivity index (χ0v) is 9.69. The summed E-state index contributed by atoms with van der Waals surface area (Å²) in [6.45, 7) is 2.53. The average molecular weight is 222 g/mol. The lowest BCUT2D eigenvalue weighted by Crippen LogP contribution is -2.40. The van der Waals surface area contributed by atoms with Crippen molar-refractivity contribution in [3.8, 4) is 0 Å². The molecule has 0 heterocycles. The molecule has 2 N–H and O–H groups in total. The Hall–Kier alpha value is -1.55. The molecule has 0 spiro atoms. The fourth-order valence-corrected chi connectivity index (χ4v) is 1.34. The number of carbonyl (C=O) groups excluding carboxylic acids is 1. The van der Waals surface area contributed by atoms with Crippen LogP contribution >= 0.6 is 0 Å². The molecule has 0 saturated heterocycles. The van der Waals surface area contributed by atoms with E-state index >= 15 is 0 Å². The van der Waals surface area contributed by atoms with Gasteiger partial charge in [-0.1, -0.05) is 25.1 Å². The smallest absolute Gasteiger partial charge is 0.319 e. The number of urea groups is 1. The molecule has 16 heavy (non-hydrogen) atoms. The van der Waals surface area contributed by atoms with Gasteiger partial charge >= 0.3 is 6.03 Å². The first-order valence-corrected chi connectivity index (χ1v) is 5.37. The predicted octanol–water partition coefficient (Wildman–Crippen LogP) is 2.23. The number of ether oxygens (including phenoxy) is 1.